The molecule has 1 nitrogen and oxygen atoms in total. The predicted octanol–water partition coefficient (Wildman–Crippen LogP) is 5.15. The van der Waals surface area contributed by atoms with Crippen molar-refractivity contribution in [1.82, 2.24) is 0 Å². The molecule has 0 amide bonds. The Bertz CT molecular complexity index is 476. The fourth-order valence-corrected chi connectivity index (χ4v) is 7.04. The van der Waals surface area contributed by atoms with Gasteiger partial charge in [0.15, 0.2) is 5.78 Å². The molecule has 21 heavy (non-hydrogen) atoms. The molecule has 0 aromatic carbocycles. The van der Waals surface area contributed by atoms with Crippen molar-refractivity contribution < 1.29 is 4.79 Å². The van der Waals surface area contributed by atoms with E-state index in [0.717, 1.165) is 42.4 Å². The molecule has 4 aliphatic carbocycles. The van der Waals surface area contributed by atoms with E-state index in [2.05, 4.69) is 13.8 Å². The normalized spacial score (nSPS) is 49.1. The topological polar surface area (TPSA) is 17.1 Å². The molecule has 6 atom stereocenters. The molecule has 3 fully saturated rings. The van der Waals surface area contributed by atoms with Crippen molar-refractivity contribution in [2.24, 2.45) is 35.0 Å². The highest BCUT2D eigenvalue weighted by molar-refractivity contribution is 5.91. The number of hydrogen-bond donors (Lipinski definition) is 0. The average Bonchev–Trinajstić information content (AvgIpc) is 2.84. The van der Waals surface area contributed by atoms with Gasteiger partial charge in [0.05, 0.1) is 0 Å². The van der Waals surface area contributed by atoms with Gasteiger partial charge in [-0.25, -0.2) is 0 Å². The van der Waals surface area contributed by atoms with Crippen LogP contribution in [0.15, 0.2) is 11.6 Å². The van der Waals surface area contributed by atoms with Gasteiger partial charge in [-0.15, -0.1) is 0 Å². The first-order valence-corrected chi connectivity index (χ1v) is 9.39. The van der Waals surface area contributed by atoms with Crippen LogP contribution in [0.25, 0.3) is 0 Å². The van der Waals surface area contributed by atoms with E-state index >= 15 is 0 Å². The van der Waals surface area contributed by atoms with Crippen molar-refractivity contribution in [3.63, 3.8) is 0 Å². The molecule has 0 aliphatic heterocycles. The molecule has 0 heterocycles. The van der Waals surface area contributed by atoms with Crippen LogP contribution in [0.1, 0.15) is 71.6 Å². The summed E-state index contributed by atoms with van der Waals surface area (Å²) in [7, 11) is 0. The van der Waals surface area contributed by atoms with Crippen LogP contribution >= 0.6 is 0 Å². The molecule has 0 saturated heterocycles. The van der Waals surface area contributed by atoms with Crippen LogP contribution in [0.3, 0.4) is 0 Å². The van der Waals surface area contributed by atoms with E-state index in [4.69, 9.17) is 0 Å². The summed E-state index contributed by atoms with van der Waals surface area (Å²) < 4.78 is 0. The molecule has 1 heteroatoms. The first kappa shape index (κ1) is 14.0. The van der Waals surface area contributed by atoms with E-state index in [1.807, 2.05) is 6.08 Å². The first-order chi connectivity index (χ1) is 10.2. The molecule has 0 N–H and O–H groups in total. The van der Waals surface area contributed by atoms with Crippen LogP contribution in [-0.4, -0.2) is 5.78 Å². The van der Waals surface area contributed by atoms with E-state index in [0.29, 0.717) is 11.2 Å². The molecular formula is C20H30O. The Hall–Kier alpha value is -0.590. The van der Waals surface area contributed by atoms with E-state index < -0.39 is 0 Å². The van der Waals surface area contributed by atoms with Crippen molar-refractivity contribution in [1.29, 1.82) is 0 Å². The van der Waals surface area contributed by atoms with Crippen molar-refractivity contribution in [2.45, 2.75) is 71.6 Å². The van der Waals surface area contributed by atoms with E-state index in [1.54, 1.807) is 0 Å². The molecule has 116 valence electrons. The molecule has 5 unspecified atom stereocenters. The lowest BCUT2D eigenvalue weighted by molar-refractivity contribution is -0.116. The Morgan fingerprint density at radius 3 is 2.76 bits per heavy atom. The maximum absolute atomic E-state index is 11.7. The first-order valence-electron chi connectivity index (χ1n) is 9.39. The summed E-state index contributed by atoms with van der Waals surface area (Å²) in [4.78, 5) is 11.7. The number of allylic oxidation sites excluding steroid dienone is 1. The lowest BCUT2D eigenvalue weighted by Crippen LogP contribution is -2.47. The van der Waals surface area contributed by atoms with Gasteiger partial charge in [-0.05, 0) is 92.4 Å². The molecule has 4 rings (SSSR count). The Labute approximate surface area is 129 Å². The van der Waals surface area contributed by atoms with Crippen molar-refractivity contribution in [3.05, 3.63) is 11.6 Å². The van der Waals surface area contributed by atoms with Gasteiger partial charge in [-0.1, -0.05) is 19.4 Å². The summed E-state index contributed by atoms with van der Waals surface area (Å²) in [6, 6.07) is 0. The molecule has 0 radical (unpaired) electrons. The van der Waals surface area contributed by atoms with E-state index in [9.17, 15) is 4.79 Å². The Balaban J connectivity index is 1.64. The van der Waals surface area contributed by atoms with Gasteiger partial charge in [0, 0.05) is 6.42 Å². The maximum atomic E-state index is 11.7. The van der Waals surface area contributed by atoms with Gasteiger partial charge in [0.2, 0.25) is 0 Å². The van der Waals surface area contributed by atoms with E-state index in [1.165, 1.54) is 50.5 Å². The number of fused-ring (bicyclic) bond motifs is 5. The zero-order valence-electron chi connectivity index (χ0n) is 13.7. The van der Waals surface area contributed by atoms with Crippen molar-refractivity contribution >= 4 is 5.78 Å². The average molecular weight is 286 g/mol. The number of ketones is 1. The Morgan fingerprint density at radius 2 is 1.95 bits per heavy atom. The molecule has 3 saturated carbocycles. The highest BCUT2D eigenvalue weighted by atomic mass is 16.1. The third-order valence-corrected chi connectivity index (χ3v) is 8.11. The Kier molecular flexibility index (Phi) is 3.32. The van der Waals surface area contributed by atoms with Gasteiger partial charge in [0.25, 0.3) is 0 Å². The smallest absolute Gasteiger partial charge is 0.155 e. The van der Waals surface area contributed by atoms with Crippen molar-refractivity contribution in [3.8, 4) is 0 Å². The Morgan fingerprint density at radius 1 is 1.10 bits per heavy atom. The maximum Gasteiger partial charge on any atom is 0.155 e. The highest BCUT2D eigenvalue weighted by Crippen LogP contribution is 2.64. The number of carbonyl (C=O) groups is 1. The van der Waals surface area contributed by atoms with Gasteiger partial charge in [-0.2, -0.15) is 0 Å². The van der Waals surface area contributed by atoms with Crippen LogP contribution in [0, 0.1) is 35.0 Å². The molecule has 0 bridgehead atoms. The fraction of sp³-hybridized carbons (Fsp3) is 0.850. The summed E-state index contributed by atoms with van der Waals surface area (Å²) in [6.07, 6.45) is 13.9. The summed E-state index contributed by atoms with van der Waals surface area (Å²) in [5.41, 5.74) is 2.20. The quantitative estimate of drug-likeness (QED) is 0.651. The minimum Gasteiger partial charge on any atom is -0.295 e. The number of rotatable bonds is 1. The summed E-state index contributed by atoms with van der Waals surface area (Å²) >= 11 is 0. The van der Waals surface area contributed by atoms with Gasteiger partial charge >= 0.3 is 0 Å². The zero-order valence-corrected chi connectivity index (χ0v) is 13.7. The third-order valence-electron chi connectivity index (χ3n) is 8.11. The predicted molar refractivity (Wildman–Crippen MR) is 85.9 cm³/mol. The second kappa shape index (κ2) is 4.96. The highest BCUT2D eigenvalue weighted by Gasteiger charge is 2.56. The molecular weight excluding hydrogens is 256 g/mol. The minimum atomic E-state index is 0.396. The lowest BCUT2D eigenvalue weighted by Gasteiger charge is -2.55. The second-order valence-electron chi connectivity index (χ2n) is 8.41. The molecule has 4 aliphatic rings. The second-order valence-corrected chi connectivity index (χ2v) is 8.41. The van der Waals surface area contributed by atoms with Crippen LogP contribution < -0.4 is 0 Å². The third kappa shape index (κ3) is 1.92. The van der Waals surface area contributed by atoms with Crippen LogP contribution in [0.5, 0.6) is 0 Å². The van der Waals surface area contributed by atoms with E-state index in [-0.39, 0.29) is 0 Å². The molecule has 0 aromatic heterocycles. The molecule has 0 spiro atoms. The van der Waals surface area contributed by atoms with Gasteiger partial charge in [-0.3, -0.25) is 4.79 Å². The zero-order chi connectivity index (χ0) is 14.6. The SMILES string of the molecule is CCC12CCC3C4CCC(=O)C=C4CCC3C1CC[C@H]2C. The summed E-state index contributed by atoms with van der Waals surface area (Å²) in [5.74, 6) is 4.99. The summed E-state index contributed by atoms with van der Waals surface area (Å²) in [5, 5.41) is 0. The number of carbonyl (C=O) groups excluding carboxylic acids is 1. The van der Waals surface area contributed by atoms with Crippen LogP contribution in [0.4, 0.5) is 0 Å². The largest absolute Gasteiger partial charge is 0.295 e. The minimum absolute atomic E-state index is 0.396. The fourth-order valence-electron chi connectivity index (χ4n) is 7.04. The lowest BCUT2D eigenvalue weighted by atomic mass is 9.50. The molecule has 0 aromatic rings. The van der Waals surface area contributed by atoms with Crippen LogP contribution in [-0.2, 0) is 4.79 Å². The van der Waals surface area contributed by atoms with Crippen molar-refractivity contribution in [2.75, 3.05) is 0 Å². The van der Waals surface area contributed by atoms with Gasteiger partial charge in [0.1, 0.15) is 0 Å². The number of hydrogen-bond acceptors (Lipinski definition) is 1. The summed E-state index contributed by atoms with van der Waals surface area (Å²) in [6.45, 7) is 4.97. The van der Waals surface area contributed by atoms with Crippen LogP contribution in [0.2, 0.25) is 0 Å². The van der Waals surface area contributed by atoms with Gasteiger partial charge < -0.3 is 0 Å². The standard InChI is InChI=1S/C20H30O/c1-3-20-11-10-17-16-8-6-15(21)12-14(16)5-7-18(17)19(20)9-4-13(20)2/h12-13,16-19H,3-11H2,1-2H3/t13-,16?,17?,18?,19?,20?/m1/s1. The monoisotopic (exact) mass is 286 g/mol.